The smallest absolute Gasteiger partial charge is 0.341 e. The van der Waals surface area contributed by atoms with Gasteiger partial charge in [-0.2, -0.15) is 4.31 Å². The number of amides is 1. The number of fused-ring (bicyclic) bond motifs is 1. The van der Waals surface area contributed by atoms with Gasteiger partial charge in [-0.15, -0.1) is 0 Å². The molecule has 170 valence electrons. The fourth-order valence-electron chi connectivity index (χ4n) is 2.85. The van der Waals surface area contributed by atoms with Crippen molar-refractivity contribution in [3.8, 4) is 0 Å². The summed E-state index contributed by atoms with van der Waals surface area (Å²) in [5.74, 6) is -3.37. The average Bonchev–Trinajstić information content (AvgIpc) is 3.14. The van der Waals surface area contributed by atoms with Crippen molar-refractivity contribution < 1.29 is 31.5 Å². The second-order valence-electron chi connectivity index (χ2n) is 6.49. The van der Waals surface area contributed by atoms with Crippen molar-refractivity contribution >= 4 is 48.6 Å². The number of anilines is 1. The number of nitrogens with one attached hydrogen (secondary N) is 1. The molecule has 2 aromatic carbocycles. The molecule has 1 heterocycles. The van der Waals surface area contributed by atoms with Crippen LogP contribution in [0.15, 0.2) is 41.3 Å². The van der Waals surface area contributed by atoms with Gasteiger partial charge < -0.3 is 4.74 Å². The van der Waals surface area contributed by atoms with Crippen molar-refractivity contribution in [2.45, 2.75) is 18.7 Å². The quantitative estimate of drug-likeness (QED) is 0.493. The van der Waals surface area contributed by atoms with Crippen LogP contribution in [0.5, 0.6) is 0 Å². The first kappa shape index (κ1) is 23.7. The summed E-state index contributed by atoms with van der Waals surface area (Å²) >= 11 is 1.03. The molecule has 0 aliphatic rings. The Morgan fingerprint density at radius 3 is 2.53 bits per heavy atom. The molecule has 0 aliphatic heterocycles. The molecule has 0 saturated heterocycles. The van der Waals surface area contributed by atoms with Crippen molar-refractivity contribution in [1.29, 1.82) is 0 Å². The van der Waals surface area contributed by atoms with Gasteiger partial charge in [0, 0.05) is 13.1 Å². The van der Waals surface area contributed by atoms with E-state index in [1.54, 1.807) is 13.8 Å². The summed E-state index contributed by atoms with van der Waals surface area (Å²) in [5, 5.41) is 2.58. The van der Waals surface area contributed by atoms with E-state index in [1.165, 1.54) is 18.2 Å². The third kappa shape index (κ3) is 5.09. The summed E-state index contributed by atoms with van der Waals surface area (Å²) in [6.45, 7) is 2.96. The summed E-state index contributed by atoms with van der Waals surface area (Å²) < 4.78 is 59.1. The number of hydrogen-bond donors (Lipinski definition) is 1. The number of thiazole rings is 1. The Morgan fingerprint density at radius 1 is 1.12 bits per heavy atom. The van der Waals surface area contributed by atoms with Crippen molar-refractivity contribution in [1.82, 2.24) is 9.29 Å². The lowest BCUT2D eigenvalue weighted by Gasteiger charge is -2.18. The Kier molecular flexibility index (Phi) is 7.16. The van der Waals surface area contributed by atoms with Crippen LogP contribution in [0.1, 0.15) is 24.2 Å². The summed E-state index contributed by atoms with van der Waals surface area (Å²) in [7, 11) is -3.92. The molecule has 1 amide bonds. The highest BCUT2D eigenvalue weighted by molar-refractivity contribution is 7.89. The van der Waals surface area contributed by atoms with Crippen LogP contribution in [0.4, 0.5) is 13.9 Å². The number of carbonyl (C=O) groups excluding carboxylic acids is 2. The van der Waals surface area contributed by atoms with Gasteiger partial charge in [-0.3, -0.25) is 10.1 Å². The summed E-state index contributed by atoms with van der Waals surface area (Å²) in [6.07, 6.45) is 0. The Labute approximate surface area is 186 Å². The lowest BCUT2D eigenvalue weighted by atomic mass is 10.2. The fraction of sp³-hybridized carbons (Fsp3) is 0.250. The molecule has 0 aliphatic carbocycles. The first-order valence-corrected chi connectivity index (χ1v) is 11.7. The van der Waals surface area contributed by atoms with Crippen molar-refractivity contribution in [3.63, 3.8) is 0 Å². The predicted molar refractivity (Wildman–Crippen MR) is 115 cm³/mol. The first-order chi connectivity index (χ1) is 15.1. The zero-order chi connectivity index (χ0) is 23.5. The van der Waals surface area contributed by atoms with Gasteiger partial charge in [-0.25, -0.2) is 27.0 Å². The molecular formula is C20H19F2N3O5S2. The molecule has 0 atom stereocenters. The van der Waals surface area contributed by atoms with Gasteiger partial charge in [0.15, 0.2) is 11.7 Å². The number of benzene rings is 2. The number of nitrogens with zero attached hydrogens (tertiary/aromatic N) is 2. The molecule has 12 heteroatoms. The predicted octanol–water partition coefficient (Wildman–Crippen LogP) is 3.40. The first-order valence-electron chi connectivity index (χ1n) is 9.48. The molecule has 3 rings (SSSR count). The van der Waals surface area contributed by atoms with Gasteiger partial charge in [0.25, 0.3) is 5.91 Å². The normalized spacial score (nSPS) is 11.7. The number of esters is 1. The highest BCUT2D eigenvalue weighted by Crippen LogP contribution is 2.26. The number of carbonyl (C=O) groups is 2. The molecule has 1 aromatic heterocycles. The molecule has 0 unspecified atom stereocenters. The lowest BCUT2D eigenvalue weighted by molar-refractivity contribution is -0.119. The number of halogens is 2. The number of aromatic nitrogens is 1. The van der Waals surface area contributed by atoms with E-state index in [0.717, 1.165) is 33.8 Å². The van der Waals surface area contributed by atoms with E-state index in [0.29, 0.717) is 10.2 Å². The Morgan fingerprint density at radius 2 is 1.84 bits per heavy atom. The van der Waals surface area contributed by atoms with Crippen LogP contribution < -0.4 is 5.32 Å². The highest BCUT2D eigenvalue weighted by Gasteiger charge is 2.25. The Bertz CT molecular complexity index is 1270. The molecule has 0 saturated carbocycles. The minimum absolute atomic E-state index is 0.171. The van der Waals surface area contributed by atoms with Crippen LogP contribution in [-0.4, -0.2) is 49.3 Å². The summed E-state index contributed by atoms with van der Waals surface area (Å²) in [4.78, 5) is 28.2. The van der Waals surface area contributed by atoms with Crippen LogP contribution >= 0.6 is 11.3 Å². The molecule has 0 radical (unpaired) electrons. The van der Waals surface area contributed by atoms with Crippen LogP contribution in [0.2, 0.25) is 0 Å². The molecule has 1 N–H and O–H groups in total. The minimum atomic E-state index is -3.92. The third-order valence-corrected chi connectivity index (χ3v) is 7.41. The van der Waals surface area contributed by atoms with E-state index in [1.807, 2.05) is 0 Å². The van der Waals surface area contributed by atoms with Crippen molar-refractivity contribution in [2.24, 2.45) is 0 Å². The number of ether oxygens (including phenoxy) is 1. The monoisotopic (exact) mass is 483 g/mol. The van der Waals surface area contributed by atoms with E-state index in [4.69, 9.17) is 4.74 Å². The zero-order valence-electron chi connectivity index (χ0n) is 17.1. The number of rotatable bonds is 8. The molecular weight excluding hydrogens is 464 g/mol. The number of sulfonamides is 1. The van der Waals surface area contributed by atoms with E-state index >= 15 is 0 Å². The van der Waals surface area contributed by atoms with E-state index in [9.17, 15) is 26.8 Å². The zero-order valence-corrected chi connectivity index (χ0v) is 18.7. The molecule has 8 nitrogen and oxygen atoms in total. The van der Waals surface area contributed by atoms with Gasteiger partial charge in [0.1, 0.15) is 11.6 Å². The largest absolute Gasteiger partial charge is 0.452 e. The molecule has 0 spiro atoms. The second-order valence-corrected chi connectivity index (χ2v) is 9.45. The third-order valence-electron chi connectivity index (χ3n) is 4.43. The summed E-state index contributed by atoms with van der Waals surface area (Å²) in [6, 6.07) is 6.75. The maximum atomic E-state index is 14.1. The van der Waals surface area contributed by atoms with E-state index in [-0.39, 0.29) is 23.1 Å². The van der Waals surface area contributed by atoms with Crippen molar-refractivity contribution in [3.05, 3.63) is 53.6 Å². The highest BCUT2D eigenvalue weighted by atomic mass is 32.2. The lowest BCUT2D eigenvalue weighted by Crippen LogP contribution is -2.30. The maximum Gasteiger partial charge on any atom is 0.341 e. The second kappa shape index (κ2) is 9.67. The Balaban J connectivity index is 1.69. The van der Waals surface area contributed by atoms with E-state index in [2.05, 4.69) is 10.3 Å². The van der Waals surface area contributed by atoms with Gasteiger partial charge >= 0.3 is 5.97 Å². The molecule has 0 fully saturated rings. The SMILES string of the molecule is CCN(CC)S(=O)(=O)c1ccc(F)c(C(=O)OCC(=O)Nc2nc3ccc(F)cc3s2)c1. The van der Waals surface area contributed by atoms with Gasteiger partial charge in [-0.1, -0.05) is 25.2 Å². The van der Waals surface area contributed by atoms with Gasteiger partial charge in [0.2, 0.25) is 10.0 Å². The summed E-state index contributed by atoms with van der Waals surface area (Å²) in [5.41, 5.74) is -0.126. The van der Waals surface area contributed by atoms with Crippen LogP contribution in [0.3, 0.4) is 0 Å². The fourth-order valence-corrected chi connectivity index (χ4v) is 5.24. The van der Waals surface area contributed by atoms with Crippen LogP contribution in [0, 0.1) is 11.6 Å². The molecule has 32 heavy (non-hydrogen) atoms. The Hall–Kier alpha value is -2.96. The van der Waals surface area contributed by atoms with Gasteiger partial charge in [0.05, 0.1) is 20.7 Å². The molecule has 0 bridgehead atoms. The number of hydrogen-bond acceptors (Lipinski definition) is 7. The maximum absolute atomic E-state index is 14.1. The van der Waals surface area contributed by atoms with E-state index < -0.39 is 45.7 Å². The van der Waals surface area contributed by atoms with Crippen LogP contribution in [-0.2, 0) is 19.6 Å². The van der Waals surface area contributed by atoms with Gasteiger partial charge in [-0.05, 0) is 36.4 Å². The standard InChI is InChI=1S/C20H19F2N3O5S2/c1-3-25(4-2)32(28,29)13-6-7-15(22)14(10-13)19(27)30-11-18(26)24-20-23-16-8-5-12(21)9-17(16)31-20/h5-10H,3-4,11H2,1-2H3,(H,23,24,26). The average molecular weight is 484 g/mol. The topological polar surface area (TPSA) is 106 Å². The minimum Gasteiger partial charge on any atom is -0.452 e. The molecule has 3 aromatic rings. The van der Waals surface area contributed by atoms with Crippen molar-refractivity contribution in [2.75, 3.05) is 25.0 Å². The van der Waals surface area contributed by atoms with Crippen LogP contribution in [0.25, 0.3) is 10.2 Å².